The Labute approximate surface area is 140 Å². The van der Waals surface area contributed by atoms with Crippen molar-refractivity contribution in [3.8, 4) is 17.2 Å². The Morgan fingerprint density at radius 2 is 1.83 bits per heavy atom. The maximum Gasteiger partial charge on any atom is 0.232 e. The van der Waals surface area contributed by atoms with Crippen LogP contribution in [0.3, 0.4) is 0 Å². The quantitative estimate of drug-likeness (QED) is 0.789. The third-order valence-electron chi connectivity index (χ3n) is 3.80. The van der Waals surface area contributed by atoms with Gasteiger partial charge in [-0.25, -0.2) is 8.42 Å². The highest BCUT2D eigenvalue weighted by Gasteiger charge is 2.14. The van der Waals surface area contributed by atoms with Crippen molar-refractivity contribution in [2.24, 2.45) is 0 Å². The van der Waals surface area contributed by atoms with E-state index in [2.05, 4.69) is 15.8 Å². The van der Waals surface area contributed by atoms with Crippen molar-refractivity contribution in [2.75, 3.05) is 10.5 Å². The van der Waals surface area contributed by atoms with Gasteiger partial charge >= 0.3 is 0 Å². The molecule has 0 aliphatic heterocycles. The highest BCUT2D eigenvalue weighted by Crippen LogP contribution is 2.34. The Kier molecular flexibility index (Phi) is 4.19. The zero-order chi connectivity index (χ0) is 17.2. The normalized spacial score (nSPS) is 11.2. The molecule has 1 N–H and O–H groups in total. The van der Waals surface area contributed by atoms with E-state index in [4.69, 9.17) is 0 Å². The smallest absolute Gasteiger partial charge is 0.232 e. The number of hydrogen-bond donors (Lipinski definition) is 1. The van der Waals surface area contributed by atoms with Crippen LogP contribution in [0.4, 0.5) is 5.69 Å². The van der Waals surface area contributed by atoms with E-state index in [1.807, 2.05) is 30.3 Å². The van der Waals surface area contributed by atoms with E-state index >= 15 is 0 Å². The Hall–Kier alpha value is -2.91. The summed E-state index contributed by atoms with van der Waals surface area (Å²) in [5, 5.41) is 11.0. The van der Waals surface area contributed by atoms with Gasteiger partial charge in [0, 0.05) is 23.3 Å². The summed E-state index contributed by atoms with van der Waals surface area (Å²) in [5.41, 5.74) is 2.55. The number of benzene rings is 2. The summed E-state index contributed by atoms with van der Waals surface area (Å²) >= 11 is 0. The molecule has 0 radical (unpaired) electrons. The van der Waals surface area contributed by atoms with Crippen molar-refractivity contribution in [3.05, 3.63) is 60.4 Å². The molecule has 1 heterocycles. The third-order valence-corrected chi connectivity index (χ3v) is 5.09. The molecule has 24 heavy (non-hydrogen) atoms. The number of pyridine rings is 1. The molecule has 0 amide bonds. The second-order valence-electron chi connectivity index (χ2n) is 5.24. The van der Waals surface area contributed by atoms with E-state index in [0.717, 1.165) is 16.3 Å². The maximum absolute atomic E-state index is 11.9. The maximum atomic E-state index is 11.9. The number of nitrogens with one attached hydrogen (secondary N) is 1. The number of aromatic nitrogens is 1. The fourth-order valence-electron chi connectivity index (χ4n) is 2.57. The SMILES string of the molecule is CCS(=O)(=O)Nc1ccncc1-c1ccc(C#N)c2ccccc12. The third kappa shape index (κ3) is 2.94. The Morgan fingerprint density at radius 1 is 1.08 bits per heavy atom. The Morgan fingerprint density at radius 3 is 2.54 bits per heavy atom. The zero-order valence-corrected chi connectivity index (χ0v) is 13.8. The van der Waals surface area contributed by atoms with Crippen molar-refractivity contribution in [1.29, 1.82) is 5.26 Å². The molecule has 2 aromatic carbocycles. The summed E-state index contributed by atoms with van der Waals surface area (Å²) < 4.78 is 26.5. The van der Waals surface area contributed by atoms with Crippen LogP contribution in [-0.2, 0) is 10.0 Å². The Bertz CT molecular complexity index is 1050. The van der Waals surface area contributed by atoms with E-state index in [9.17, 15) is 13.7 Å². The summed E-state index contributed by atoms with van der Waals surface area (Å²) in [6.45, 7) is 1.58. The van der Waals surface area contributed by atoms with Gasteiger partial charge in [-0.1, -0.05) is 30.3 Å². The molecule has 1 aromatic heterocycles. The largest absolute Gasteiger partial charge is 0.283 e. The first-order chi connectivity index (χ1) is 11.6. The van der Waals surface area contributed by atoms with Gasteiger partial charge in [-0.05, 0) is 30.0 Å². The van der Waals surface area contributed by atoms with Gasteiger partial charge in [-0.2, -0.15) is 5.26 Å². The second kappa shape index (κ2) is 6.30. The van der Waals surface area contributed by atoms with Crippen molar-refractivity contribution >= 4 is 26.5 Å². The van der Waals surface area contributed by atoms with E-state index < -0.39 is 10.0 Å². The lowest BCUT2D eigenvalue weighted by molar-refractivity contribution is 0.602. The first-order valence-electron chi connectivity index (χ1n) is 7.42. The summed E-state index contributed by atoms with van der Waals surface area (Å²) in [7, 11) is -3.40. The summed E-state index contributed by atoms with van der Waals surface area (Å²) in [6.07, 6.45) is 3.17. The second-order valence-corrected chi connectivity index (χ2v) is 7.26. The minimum atomic E-state index is -3.40. The zero-order valence-electron chi connectivity index (χ0n) is 13.0. The number of hydrogen-bond acceptors (Lipinski definition) is 4. The highest BCUT2D eigenvalue weighted by molar-refractivity contribution is 7.92. The lowest BCUT2D eigenvalue weighted by Gasteiger charge is -2.13. The number of nitriles is 1. The first kappa shape index (κ1) is 16.0. The monoisotopic (exact) mass is 337 g/mol. The van der Waals surface area contributed by atoms with Gasteiger partial charge in [-0.15, -0.1) is 0 Å². The van der Waals surface area contributed by atoms with Gasteiger partial charge in [0.2, 0.25) is 10.0 Å². The number of sulfonamides is 1. The highest BCUT2D eigenvalue weighted by atomic mass is 32.2. The van der Waals surface area contributed by atoms with Crippen molar-refractivity contribution < 1.29 is 8.42 Å². The van der Waals surface area contributed by atoms with Gasteiger partial charge in [0.25, 0.3) is 0 Å². The van der Waals surface area contributed by atoms with Crippen LogP contribution in [0.1, 0.15) is 12.5 Å². The van der Waals surface area contributed by atoms with Crippen molar-refractivity contribution in [1.82, 2.24) is 4.98 Å². The minimum absolute atomic E-state index is 0.0110. The van der Waals surface area contributed by atoms with Gasteiger partial charge in [-0.3, -0.25) is 9.71 Å². The van der Waals surface area contributed by atoms with Crippen molar-refractivity contribution in [3.63, 3.8) is 0 Å². The number of rotatable bonds is 4. The van der Waals surface area contributed by atoms with Crippen LogP contribution in [0, 0.1) is 11.3 Å². The first-order valence-corrected chi connectivity index (χ1v) is 9.07. The predicted octanol–water partition coefficient (Wildman–Crippen LogP) is 3.54. The van der Waals surface area contributed by atoms with Gasteiger partial charge in [0.1, 0.15) is 0 Å². The molecule has 0 fully saturated rings. The standard InChI is InChI=1S/C18H15N3O2S/c1-2-24(22,23)21-18-9-10-20-12-17(18)16-8-7-13(11-19)14-5-3-4-6-15(14)16/h3-10,12H,2H2,1H3,(H,20,21). The molecule has 0 bridgehead atoms. The van der Waals surface area contributed by atoms with E-state index in [1.165, 1.54) is 0 Å². The number of nitrogens with zero attached hydrogens (tertiary/aromatic N) is 2. The average molecular weight is 337 g/mol. The topological polar surface area (TPSA) is 82.8 Å². The van der Waals surface area contributed by atoms with Crippen LogP contribution in [0.5, 0.6) is 0 Å². The lowest BCUT2D eigenvalue weighted by Crippen LogP contribution is -2.15. The molecular weight excluding hydrogens is 322 g/mol. The van der Waals surface area contributed by atoms with Crippen LogP contribution in [0.25, 0.3) is 21.9 Å². The molecule has 0 aliphatic carbocycles. The molecule has 6 heteroatoms. The molecule has 3 aromatic rings. The van der Waals surface area contributed by atoms with Gasteiger partial charge in [0.05, 0.1) is 23.1 Å². The Balaban J connectivity index is 2.25. The predicted molar refractivity (Wildman–Crippen MR) is 95.0 cm³/mol. The van der Waals surface area contributed by atoms with E-state index in [0.29, 0.717) is 16.8 Å². The summed E-state index contributed by atoms with van der Waals surface area (Å²) in [6, 6.07) is 14.9. The van der Waals surface area contributed by atoms with Crippen LogP contribution < -0.4 is 4.72 Å². The molecule has 0 atom stereocenters. The van der Waals surface area contributed by atoms with E-state index in [1.54, 1.807) is 31.5 Å². The summed E-state index contributed by atoms with van der Waals surface area (Å²) in [4.78, 5) is 4.13. The molecular formula is C18H15N3O2S. The van der Waals surface area contributed by atoms with Crippen molar-refractivity contribution in [2.45, 2.75) is 6.92 Å². The average Bonchev–Trinajstić information content (AvgIpc) is 2.61. The number of anilines is 1. The minimum Gasteiger partial charge on any atom is -0.283 e. The molecule has 0 aliphatic rings. The molecule has 3 rings (SSSR count). The lowest BCUT2D eigenvalue weighted by atomic mass is 9.95. The molecule has 0 saturated heterocycles. The molecule has 120 valence electrons. The fraction of sp³-hybridized carbons (Fsp3) is 0.111. The van der Waals surface area contributed by atoms with Crippen LogP contribution in [-0.4, -0.2) is 19.2 Å². The van der Waals surface area contributed by atoms with Crippen LogP contribution in [0.15, 0.2) is 54.9 Å². The van der Waals surface area contributed by atoms with Crippen LogP contribution in [0.2, 0.25) is 0 Å². The summed E-state index contributed by atoms with van der Waals surface area (Å²) in [5.74, 6) is -0.0110. The molecule has 0 unspecified atom stereocenters. The molecule has 5 nitrogen and oxygen atoms in total. The van der Waals surface area contributed by atoms with Gasteiger partial charge in [0.15, 0.2) is 0 Å². The fourth-order valence-corrected chi connectivity index (χ4v) is 3.23. The number of fused-ring (bicyclic) bond motifs is 1. The van der Waals surface area contributed by atoms with Gasteiger partial charge < -0.3 is 0 Å². The van der Waals surface area contributed by atoms with Crippen LogP contribution >= 0.6 is 0 Å². The van der Waals surface area contributed by atoms with E-state index in [-0.39, 0.29) is 5.75 Å². The molecule has 0 saturated carbocycles. The molecule has 0 spiro atoms.